The molecule has 0 radical (unpaired) electrons. The third kappa shape index (κ3) is 2.33. The van der Waals surface area contributed by atoms with Crippen LogP contribution in [-0.2, 0) is 11.2 Å². The first-order valence-corrected chi connectivity index (χ1v) is 5.44. The molecule has 0 saturated heterocycles. The van der Waals surface area contributed by atoms with E-state index in [1.54, 1.807) is 6.92 Å². The maximum Gasteiger partial charge on any atom is 0.309 e. The molecule has 5 nitrogen and oxygen atoms in total. The van der Waals surface area contributed by atoms with Gasteiger partial charge in [-0.1, -0.05) is 16.8 Å². The van der Waals surface area contributed by atoms with Crippen LogP contribution in [-0.4, -0.2) is 26.1 Å². The zero-order valence-corrected chi connectivity index (χ0v) is 10.1. The number of aryl methyl sites for hydroxylation is 1. The fraction of sp³-hybridized carbons (Fsp3) is 0.182. The van der Waals surface area contributed by atoms with Gasteiger partial charge in [-0.15, -0.1) is 5.10 Å². The van der Waals surface area contributed by atoms with Crippen molar-refractivity contribution in [2.24, 2.45) is 0 Å². The van der Waals surface area contributed by atoms with Gasteiger partial charge < -0.3 is 5.11 Å². The topological polar surface area (TPSA) is 68.0 Å². The Kier molecular flexibility index (Phi) is 3.29. The van der Waals surface area contributed by atoms with Crippen LogP contribution in [0.3, 0.4) is 0 Å². The highest BCUT2D eigenvalue weighted by Gasteiger charge is 2.14. The first-order valence-electron chi connectivity index (χ1n) is 5.06. The van der Waals surface area contributed by atoms with Crippen LogP contribution in [0.5, 0.6) is 0 Å². The number of aromatic nitrogens is 3. The Morgan fingerprint density at radius 1 is 1.56 bits per heavy atom. The van der Waals surface area contributed by atoms with E-state index in [4.69, 9.17) is 16.7 Å². The minimum absolute atomic E-state index is 0.148. The Morgan fingerprint density at radius 2 is 2.28 bits per heavy atom. The average molecular weight is 270 g/mol. The highest BCUT2D eigenvalue weighted by atomic mass is 35.5. The Morgan fingerprint density at radius 3 is 2.94 bits per heavy atom. The number of rotatable bonds is 3. The Balaban J connectivity index is 2.52. The maximum atomic E-state index is 13.3. The second kappa shape index (κ2) is 4.73. The van der Waals surface area contributed by atoms with E-state index in [0.717, 1.165) is 0 Å². The van der Waals surface area contributed by atoms with Gasteiger partial charge in [0.15, 0.2) is 0 Å². The first-order chi connectivity index (χ1) is 8.49. The van der Waals surface area contributed by atoms with Crippen LogP contribution < -0.4 is 0 Å². The second-order valence-corrected chi connectivity index (χ2v) is 4.17. The molecule has 18 heavy (non-hydrogen) atoms. The fourth-order valence-corrected chi connectivity index (χ4v) is 1.77. The molecule has 0 spiro atoms. The number of carbonyl (C=O) groups is 1. The van der Waals surface area contributed by atoms with E-state index in [0.29, 0.717) is 16.9 Å². The monoisotopic (exact) mass is 269 g/mol. The van der Waals surface area contributed by atoms with Gasteiger partial charge in [0.05, 0.1) is 29.0 Å². The molecule has 1 N–H and O–H groups in total. The Bertz CT molecular complexity index is 612. The standard InChI is InChI=1S/C11H9ClFN3O2/c1-6-2-10(8(12)4-9(6)13)16-7(3-11(17)18)5-14-15-16/h2,4-5H,3H2,1H3,(H,17,18). The molecule has 0 aliphatic carbocycles. The van der Waals surface area contributed by atoms with Crippen LogP contribution >= 0.6 is 11.6 Å². The van der Waals surface area contributed by atoms with E-state index in [1.807, 2.05) is 0 Å². The Hall–Kier alpha value is -1.95. The lowest BCUT2D eigenvalue weighted by Gasteiger charge is -2.08. The molecule has 1 aromatic heterocycles. The lowest BCUT2D eigenvalue weighted by Crippen LogP contribution is -2.09. The van der Waals surface area contributed by atoms with Gasteiger partial charge in [-0.2, -0.15) is 0 Å². The van der Waals surface area contributed by atoms with E-state index in [2.05, 4.69) is 10.3 Å². The van der Waals surface area contributed by atoms with Gasteiger partial charge in [0.2, 0.25) is 0 Å². The van der Waals surface area contributed by atoms with E-state index in [-0.39, 0.29) is 11.4 Å². The molecule has 0 aliphatic rings. The normalized spacial score (nSPS) is 10.6. The third-order valence-electron chi connectivity index (χ3n) is 2.41. The third-order valence-corrected chi connectivity index (χ3v) is 2.71. The lowest BCUT2D eigenvalue weighted by atomic mass is 10.2. The summed E-state index contributed by atoms with van der Waals surface area (Å²) in [5.74, 6) is -1.43. The molecular weight excluding hydrogens is 261 g/mol. The molecule has 0 fully saturated rings. The molecule has 7 heteroatoms. The summed E-state index contributed by atoms with van der Waals surface area (Å²) in [7, 11) is 0. The number of benzene rings is 1. The summed E-state index contributed by atoms with van der Waals surface area (Å²) >= 11 is 5.93. The molecular formula is C11H9ClFN3O2. The van der Waals surface area contributed by atoms with Crippen LogP contribution in [0.25, 0.3) is 5.69 Å². The molecule has 1 aromatic carbocycles. The van der Waals surface area contributed by atoms with Crippen LogP contribution in [0.2, 0.25) is 5.02 Å². The van der Waals surface area contributed by atoms with Crippen molar-refractivity contribution < 1.29 is 14.3 Å². The van der Waals surface area contributed by atoms with Crippen molar-refractivity contribution in [3.05, 3.63) is 40.4 Å². The van der Waals surface area contributed by atoms with Gasteiger partial charge >= 0.3 is 5.97 Å². The van der Waals surface area contributed by atoms with E-state index < -0.39 is 11.8 Å². The quantitative estimate of drug-likeness (QED) is 0.925. The molecule has 0 unspecified atom stereocenters. The van der Waals surface area contributed by atoms with Gasteiger partial charge in [-0.25, -0.2) is 9.07 Å². The van der Waals surface area contributed by atoms with Crippen LogP contribution in [0.1, 0.15) is 11.3 Å². The summed E-state index contributed by atoms with van der Waals surface area (Å²) in [5.41, 5.74) is 1.17. The van der Waals surface area contributed by atoms with E-state index in [9.17, 15) is 9.18 Å². The maximum absolute atomic E-state index is 13.3. The highest BCUT2D eigenvalue weighted by molar-refractivity contribution is 6.32. The molecule has 2 aromatic rings. The van der Waals surface area contributed by atoms with E-state index in [1.165, 1.54) is 23.0 Å². The van der Waals surface area contributed by atoms with E-state index >= 15 is 0 Å². The molecule has 0 aliphatic heterocycles. The van der Waals surface area contributed by atoms with Gasteiger partial charge in [0.25, 0.3) is 0 Å². The summed E-state index contributed by atoms with van der Waals surface area (Å²) in [6, 6.07) is 2.66. The fourth-order valence-electron chi connectivity index (χ4n) is 1.54. The van der Waals surface area contributed by atoms with Crippen molar-refractivity contribution in [3.8, 4) is 5.69 Å². The van der Waals surface area contributed by atoms with Crippen molar-refractivity contribution in [2.75, 3.05) is 0 Å². The van der Waals surface area contributed by atoms with Crippen LogP contribution in [0.4, 0.5) is 4.39 Å². The highest BCUT2D eigenvalue weighted by Crippen LogP contribution is 2.24. The summed E-state index contributed by atoms with van der Waals surface area (Å²) in [4.78, 5) is 10.7. The second-order valence-electron chi connectivity index (χ2n) is 3.76. The number of carboxylic acid groups (broad SMARTS) is 1. The smallest absolute Gasteiger partial charge is 0.309 e. The number of aliphatic carboxylic acids is 1. The number of carboxylic acids is 1. The summed E-state index contributed by atoms with van der Waals surface area (Å²) in [6.45, 7) is 1.59. The van der Waals surface area contributed by atoms with Crippen molar-refractivity contribution in [1.82, 2.24) is 15.0 Å². The van der Waals surface area contributed by atoms with Crippen LogP contribution in [0.15, 0.2) is 18.3 Å². The predicted octanol–water partition coefficient (Wildman–Crippen LogP) is 2.00. The molecule has 94 valence electrons. The zero-order valence-electron chi connectivity index (χ0n) is 9.39. The zero-order chi connectivity index (χ0) is 13.3. The summed E-state index contributed by atoms with van der Waals surface area (Å²) < 4.78 is 14.6. The van der Waals surface area contributed by atoms with Crippen molar-refractivity contribution in [1.29, 1.82) is 0 Å². The number of hydrogen-bond acceptors (Lipinski definition) is 3. The largest absolute Gasteiger partial charge is 0.481 e. The molecule has 2 rings (SSSR count). The van der Waals surface area contributed by atoms with Crippen molar-refractivity contribution in [2.45, 2.75) is 13.3 Å². The number of nitrogens with zero attached hydrogens (tertiary/aromatic N) is 3. The molecule has 0 atom stereocenters. The lowest BCUT2D eigenvalue weighted by molar-refractivity contribution is -0.136. The van der Waals surface area contributed by atoms with Gasteiger partial charge in [0, 0.05) is 0 Å². The summed E-state index contributed by atoms with van der Waals surface area (Å²) in [5, 5.41) is 16.3. The van der Waals surface area contributed by atoms with Crippen LogP contribution in [0, 0.1) is 12.7 Å². The minimum Gasteiger partial charge on any atom is -0.481 e. The molecule has 1 heterocycles. The van der Waals surface area contributed by atoms with Crippen molar-refractivity contribution in [3.63, 3.8) is 0 Å². The average Bonchev–Trinajstić information content (AvgIpc) is 2.70. The van der Waals surface area contributed by atoms with Gasteiger partial charge in [-0.3, -0.25) is 4.79 Å². The molecule has 0 saturated carbocycles. The number of hydrogen-bond donors (Lipinski definition) is 1. The minimum atomic E-state index is -1.01. The molecule has 0 amide bonds. The van der Waals surface area contributed by atoms with Gasteiger partial charge in [-0.05, 0) is 24.6 Å². The SMILES string of the molecule is Cc1cc(-n2nncc2CC(=O)O)c(Cl)cc1F. The molecule has 0 bridgehead atoms. The summed E-state index contributed by atoms with van der Waals surface area (Å²) in [6.07, 6.45) is 1.10. The van der Waals surface area contributed by atoms with Crippen molar-refractivity contribution >= 4 is 17.6 Å². The van der Waals surface area contributed by atoms with Gasteiger partial charge in [0.1, 0.15) is 5.82 Å². The number of halogens is 2. The Labute approximate surface area is 107 Å². The predicted molar refractivity (Wildman–Crippen MR) is 62.4 cm³/mol. The first kappa shape index (κ1) is 12.5.